The maximum atomic E-state index is 10.6. The van der Waals surface area contributed by atoms with Crippen LogP contribution in [-0.4, -0.2) is 55.4 Å². The van der Waals surface area contributed by atoms with Crippen molar-refractivity contribution in [2.24, 2.45) is 0 Å². The molecule has 20 heavy (non-hydrogen) atoms. The Kier molecular flexibility index (Phi) is 5.38. The molecule has 1 aromatic carbocycles. The number of hydrogen-bond acceptors (Lipinski definition) is 4. The second kappa shape index (κ2) is 7.26. The topological polar surface area (TPSA) is 59.0 Å². The Morgan fingerprint density at radius 2 is 2.20 bits per heavy atom. The highest BCUT2D eigenvalue weighted by molar-refractivity contribution is 5.70. The molecule has 0 spiro atoms. The largest absolute Gasteiger partial charge is 0.492 e. The number of aliphatic carboxylic acids is 1. The van der Waals surface area contributed by atoms with Gasteiger partial charge in [-0.25, -0.2) is 0 Å². The molecule has 1 N–H and O–H groups in total. The molecule has 1 atom stereocenters. The molecule has 0 radical (unpaired) electrons. The van der Waals surface area contributed by atoms with Crippen LogP contribution in [0.15, 0.2) is 24.3 Å². The van der Waals surface area contributed by atoms with Crippen LogP contribution in [-0.2, 0) is 16.0 Å². The Balaban J connectivity index is 1.72. The molecule has 110 valence electrons. The number of rotatable bonds is 7. The van der Waals surface area contributed by atoms with Crippen molar-refractivity contribution in [3.05, 3.63) is 29.8 Å². The van der Waals surface area contributed by atoms with Crippen LogP contribution in [0.1, 0.15) is 12.0 Å². The zero-order valence-corrected chi connectivity index (χ0v) is 11.7. The fourth-order valence-corrected chi connectivity index (χ4v) is 2.24. The summed E-state index contributed by atoms with van der Waals surface area (Å²) in [5, 5.41) is 8.70. The molecule has 0 amide bonds. The van der Waals surface area contributed by atoms with Gasteiger partial charge in [-0.05, 0) is 31.2 Å². The highest BCUT2D eigenvalue weighted by Crippen LogP contribution is 2.14. The van der Waals surface area contributed by atoms with Crippen molar-refractivity contribution in [1.82, 2.24) is 4.90 Å². The van der Waals surface area contributed by atoms with Crippen molar-refractivity contribution >= 4 is 5.97 Å². The van der Waals surface area contributed by atoms with Crippen LogP contribution in [0.4, 0.5) is 0 Å². The van der Waals surface area contributed by atoms with Gasteiger partial charge in [0.2, 0.25) is 0 Å². The maximum Gasteiger partial charge on any atom is 0.307 e. The van der Waals surface area contributed by atoms with Gasteiger partial charge < -0.3 is 14.6 Å². The first-order valence-electron chi connectivity index (χ1n) is 6.86. The van der Waals surface area contributed by atoms with Crippen LogP contribution in [0, 0.1) is 0 Å². The van der Waals surface area contributed by atoms with Gasteiger partial charge >= 0.3 is 5.97 Å². The molecule has 1 saturated heterocycles. The molecule has 1 aliphatic rings. The highest BCUT2D eigenvalue weighted by Gasteiger charge is 2.19. The van der Waals surface area contributed by atoms with Gasteiger partial charge in [0.1, 0.15) is 12.4 Å². The molecule has 0 aliphatic carbocycles. The van der Waals surface area contributed by atoms with Gasteiger partial charge in [-0.2, -0.15) is 0 Å². The molecule has 1 aromatic rings. The number of hydrogen-bond donors (Lipinski definition) is 1. The number of nitrogens with zero attached hydrogens (tertiary/aromatic N) is 1. The second-order valence-electron chi connectivity index (χ2n) is 5.06. The fraction of sp³-hybridized carbons (Fsp3) is 0.533. The molecule has 5 nitrogen and oxygen atoms in total. The highest BCUT2D eigenvalue weighted by atomic mass is 16.5. The van der Waals surface area contributed by atoms with Crippen molar-refractivity contribution < 1.29 is 19.4 Å². The van der Waals surface area contributed by atoms with E-state index in [0.29, 0.717) is 12.6 Å². The summed E-state index contributed by atoms with van der Waals surface area (Å²) in [6.07, 6.45) is 1.13. The van der Waals surface area contributed by atoms with Gasteiger partial charge in [0.15, 0.2) is 0 Å². The number of carboxylic acid groups (broad SMARTS) is 1. The van der Waals surface area contributed by atoms with Crippen LogP contribution in [0.25, 0.3) is 0 Å². The molecule has 1 heterocycles. The third-order valence-corrected chi connectivity index (χ3v) is 3.52. The van der Waals surface area contributed by atoms with E-state index in [1.807, 2.05) is 12.1 Å². The minimum Gasteiger partial charge on any atom is -0.492 e. The van der Waals surface area contributed by atoms with E-state index in [0.717, 1.165) is 37.5 Å². The Morgan fingerprint density at radius 3 is 2.80 bits per heavy atom. The van der Waals surface area contributed by atoms with Gasteiger partial charge in [-0.1, -0.05) is 12.1 Å². The average molecular weight is 279 g/mol. The van der Waals surface area contributed by atoms with Crippen molar-refractivity contribution in [3.8, 4) is 5.75 Å². The maximum absolute atomic E-state index is 10.6. The third kappa shape index (κ3) is 4.51. The van der Waals surface area contributed by atoms with Gasteiger partial charge in [0.25, 0.3) is 0 Å². The summed E-state index contributed by atoms with van der Waals surface area (Å²) >= 11 is 0. The SMILES string of the molecule is CN(CCOc1ccc(CC(=O)O)cc1)C1CCOC1. The summed E-state index contributed by atoms with van der Waals surface area (Å²) in [6, 6.07) is 7.71. The summed E-state index contributed by atoms with van der Waals surface area (Å²) < 4.78 is 11.0. The first-order valence-corrected chi connectivity index (χ1v) is 6.86. The number of carbonyl (C=O) groups is 1. The Bertz CT molecular complexity index is 426. The lowest BCUT2D eigenvalue weighted by Gasteiger charge is -2.22. The molecule has 5 heteroatoms. The predicted octanol–water partition coefficient (Wildman–Crippen LogP) is 1.41. The zero-order valence-electron chi connectivity index (χ0n) is 11.7. The molecule has 2 rings (SSSR count). The van der Waals surface area contributed by atoms with Crippen LogP contribution >= 0.6 is 0 Å². The molecule has 1 fully saturated rings. The van der Waals surface area contributed by atoms with E-state index in [1.54, 1.807) is 12.1 Å². The van der Waals surface area contributed by atoms with Crippen molar-refractivity contribution in [1.29, 1.82) is 0 Å². The number of likely N-dealkylation sites (N-methyl/N-ethyl adjacent to an activating group) is 1. The van der Waals surface area contributed by atoms with Gasteiger partial charge in [0.05, 0.1) is 13.0 Å². The average Bonchev–Trinajstić information content (AvgIpc) is 2.94. The summed E-state index contributed by atoms with van der Waals surface area (Å²) in [4.78, 5) is 12.8. The lowest BCUT2D eigenvalue weighted by atomic mass is 10.1. The quantitative estimate of drug-likeness (QED) is 0.818. The van der Waals surface area contributed by atoms with Crippen LogP contribution in [0.2, 0.25) is 0 Å². The monoisotopic (exact) mass is 279 g/mol. The molecule has 0 bridgehead atoms. The lowest BCUT2D eigenvalue weighted by Crippen LogP contribution is -2.35. The lowest BCUT2D eigenvalue weighted by molar-refractivity contribution is -0.136. The molecular weight excluding hydrogens is 258 g/mol. The first kappa shape index (κ1) is 14.8. The third-order valence-electron chi connectivity index (χ3n) is 3.52. The molecule has 0 aromatic heterocycles. The van der Waals surface area contributed by atoms with E-state index in [2.05, 4.69) is 11.9 Å². The van der Waals surface area contributed by atoms with E-state index in [-0.39, 0.29) is 6.42 Å². The normalized spacial score (nSPS) is 18.4. The predicted molar refractivity (Wildman–Crippen MR) is 75.1 cm³/mol. The fourth-order valence-electron chi connectivity index (χ4n) is 2.24. The summed E-state index contributed by atoms with van der Waals surface area (Å²) in [7, 11) is 2.08. The second-order valence-corrected chi connectivity index (χ2v) is 5.06. The van der Waals surface area contributed by atoms with E-state index in [1.165, 1.54) is 0 Å². The minimum atomic E-state index is -0.820. The van der Waals surface area contributed by atoms with Crippen molar-refractivity contribution in [3.63, 3.8) is 0 Å². The molecule has 1 unspecified atom stereocenters. The summed E-state index contributed by atoms with van der Waals surface area (Å²) in [5.41, 5.74) is 0.782. The van der Waals surface area contributed by atoms with E-state index < -0.39 is 5.97 Å². The molecule has 1 aliphatic heterocycles. The van der Waals surface area contributed by atoms with Gasteiger partial charge in [-0.3, -0.25) is 9.69 Å². The Labute approximate surface area is 119 Å². The minimum absolute atomic E-state index is 0.0463. The van der Waals surface area contributed by atoms with E-state index >= 15 is 0 Å². The van der Waals surface area contributed by atoms with Crippen LogP contribution in [0.5, 0.6) is 5.75 Å². The Hall–Kier alpha value is -1.59. The first-order chi connectivity index (χ1) is 9.65. The van der Waals surface area contributed by atoms with E-state index in [9.17, 15) is 4.79 Å². The summed E-state index contributed by atoms with van der Waals surface area (Å²) in [5.74, 6) is -0.0470. The molecular formula is C15H21NO4. The standard InChI is InChI=1S/C15H21NO4/c1-16(13-6-8-19-11-13)7-9-20-14-4-2-12(3-5-14)10-15(17)18/h2-5,13H,6-11H2,1H3,(H,17,18). The molecule has 0 saturated carbocycles. The van der Waals surface area contributed by atoms with Crippen LogP contribution in [0.3, 0.4) is 0 Å². The zero-order chi connectivity index (χ0) is 14.4. The summed E-state index contributed by atoms with van der Waals surface area (Å²) in [6.45, 7) is 3.12. The van der Waals surface area contributed by atoms with Gasteiger partial charge in [-0.15, -0.1) is 0 Å². The number of carboxylic acids is 1. The number of benzene rings is 1. The van der Waals surface area contributed by atoms with Crippen LogP contribution < -0.4 is 4.74 Å². The van der Waals surface area contributed by atoms with Crippen molar-refractivity contribution in [2.45, 2.75) is 18.9 Å². The van der Waals surface area contributed by atoms with Gasteiger partial charge in [0, 0.05) is 19.2 Å². The van der Waals surface area contributed by atoms with Crippen molar-refractivity contribution in [2.75, 3.05) is 33.4 Å². The smallest absolute Gasteiger partial charge is 0.307 e. The Morgan fingerprint density at radius 1 is 1.45 bits per heavy atom. The van der Waals surface area contributed by atoms with E-state index in [4.69, 9.17) is 14.6 Å². The number of ether oxygens (including phenoxy) is 2.